The molecule has 0 fully saturated rings. The molecular formula is C27H44O5. The molecule has 0 bridgehead atoms. The first kappa shape index (κ1) is 28.2. The molecule has 0 aromatic heterocycles. The van der Waals surface area contributed by atoms with E-state index < -0.39 is 5.97 Å². The molecule has 0 saturated carbocycles. The van der Waals surface area contributed by atoms with Crippen LogP contribution in [0.2, 0.25) is 0 Å². The van der Waals surface area contributed by atoms with Crippen molar-refractivity contribution in [2.24, 2.45) is 0 Å². The lowest BCUT2D eigenvalue weighted by atomic mass is 9.99. The topological polar surface area (TPSA) is 72.8 Å². The van der Waals surface area contributed by atoms with E-state index in [4.69, 9.17) is 14.6 Å². The van der Waals surface area contributed by atoms with E-state index in [0.717, 1.165) is 69.8 Å². The first-order valence-corrected chi connectivity index (χ1v) is 12.6. The maximum absolute atomic E-state index is 11.8. The predicted octanol–water partition coefficient (Wildman–Crippen LogP) is 7.07. The van der Waals surface area contributed by atoms with Crippen molar-refractivity contribution < 1.29 is 24.2 Å². The average Bonchev–Trinajstić information content (AvgIpc) is 2.77. The van der Waals surface area contributed by atoms with Crippen LogP contribution in [-0.2, 0) is 25.7 Å². The highest BCUT2D eigenvalue weighted by Crippen LogP contribution is 2.21. The zero-order chi connectivity index (χ0) is 23.4. The first-order valence-electron chi connectivity index (χ1n) is 12.6. The number of unbranched alkanes of at least 4 members (excludes halogenated alkanes) is 9. The quantitative estimate of drug-likeness (QED) is 0.171. The molecule has 0 radical (unpaired) electrons. The molecule has 0 amide bonds. The maximum Gasteiger partial charge on any atom is 0.303 e. The van der Waals surface area contributed by atoms with Gasteiger partial charge in [0, 0.05) is 13.3 Å². The normalized spacial score (nSPS) is 12.9. The van der Waals surface area contributed by atoms with Gasteiger partial charge in [0.2, 0.25) is 0 Å². The number of hydrogen-bond acceptors (Lipinski definition) is 4. The average molecular weight is 449 g/mol. The minimum absolute atomic E-state index is 0.0769. The SMILES string of the molecule is CCCCCCC(OCc1ccccc1)C(CCCCCCCCCC(=O)O)OC(C)=O. The Morgan fingerprint density at radius 1 is 0.812 bits per heavy atom. The highest BCUT2D eigenvalue weighted by atomic mass is 16.6. The second-order valence-electron chi connectivity index (χ2n) is 8.74. The third-order valence-electron chi connectivity index (χ3n) is 5.76. The van der Waals surface area contributed by atoms with Gasteiger partial charge in [-0.3, -0.25) is 9.59 Å². The van der Waals surface area contributed by atoms with Gasteiger partial charge >= 0.3 is 11.9 Å². The van der Waals surface area contributed by atoms with Crippen molar-refractivity contribution in [3.8, 4) is 0 Å². The number of hydrogen-bond donors (Lipinski definition) is 1. The Balaban J connectivity index is 2.47. The van der Waals surface area contributed by atoms with Gasteiger partial charge in [-0.1, -0.05) is 95.0 Å². The summed E-state index contributed by atoms with van der Waals surface area (Å²) in [4.78, 5) is 22.3. The van der Waals surface area contributed by atoms with E-state index in [-0.39, 0.29) is 24.6 Å². The number of carboxylic acid groups (broad SMARTS) is 1. The Morgan fingerprint density at radius 3 is 1.97 bits per heavy atom. The van der Waals surface area contributed by atoms with Crippen molar-refractivity contribution in [1.29, 1.82) is 0 Å². The maximum atomic E-state index is 11.8. The third kappa shape index (κ3) is 15.0. The molecule has 5 nitrogen and oxygen atoms in total. The predicted molar refractivity (Wildman–Crippen MR) is 129 cm³/mol. The summed E-state index contributed by atoms with van der Waals surface area (Å²) in [6.07, 6.45) is 13.6. The molecule has 2 unspecified atom stereocenters. The number of rotatable bonds is 20. The van der Waals surface area contributed by atoms with Crippen LogP contribution in [0.1, 0.15) is 109 Å². The fourth-order valence-corrected chi connectivity index (χ4v) is 3.97. The van der Waals surface area contributed by atoms with E-state index in [0.29, 0.717) is 6.61 Å². The van der Waals surface area contributed by atoms with Crippen LogP contribution in [0.25, 0.3) is 0 Å². The van der Waals surface area contributed by atoms with Crippen molar-refractivity contribution in [2.45, 2.75) is 123 Å². The first-order chi connectivity index (χ1) is 15.5. The summed E-state index contributed by atoms with van der Waals surface area (Å²) in [6, 6.07) is 10.1. The second-order valence-corrected chi connectivity index (χ2v) is 8.74. The Kier molecular flexibility index (Phi) is 16.4. The zero-order valence-electron chi connectivity index (χ0n) is 20.2. The van der Waals surface area contributed by atoms with Crippen LogP contribution in [0.4, 0.5) is 0 Å². The summed E-state index contributed by atoms with van der Waals surface area (Å²) in [5, 5.41) is 8.68. The number of aliphatic carboxylic acids is 1. The Hall–Kier alpha value is -1.88. The van der Waals surface area contributed by atoms with E-state index in [1.807, 2.05) is 18.2 Å². The van der Waals surface area contributed by atoms with Crippen LogP contribution >= 0.6 is 0 Å². The standard InChI is InChI=1S/C27H44O5/c1-3-4-5-14-19-25(31-22-24-17-12-11-13-18-24)26(32-23(2)28)20-15-9-7-6-8-10-16-21-27(29)30/h11-13,17-18,25-26H,3-10,14-16,19-22H2,1-2H3,(H,29,30). The molecule has 1 rings (SSSR count). The molecule has 0 heterocycles. The number of benzene rings is 1. The molecule has 1 aromatic rings. The van der Waals surface area contributed by atoms with Crippen LogP contribution < -0.4 is 0 Å². The smallest absolute Gasteiger partial charge is 0.303 e. The lowest BCUT2D eigenvalue weighted by Crippen LogP contribution is -2.33. The van der Waals surface area contributed by atoms with Gasteiger partial charge in [0.25, 0.3) is 0 Å². The number of carbonyl (C=O) groups excluding carboxylic acids is 1. The fourth-order valence-electron chi connectivity index (χ4n) is 3.97. The lowest BCUT2D eigenvalue weighted by Gasteiger charge is -2.27. The van der Waals surface area contributed by atoms with Gasteiger partial charge < -0.3 is 14.6 Å². The number of esters is 1. The Labute approximate surface area is 194 Å². The monoisotopic (exact) mass is 448 g/mol. The summed E-state index contributed by atoms with van der Waals surface area (Å²) < 4.78 is 12.0. The van der Waals surface area contributed by atoms with Gasteiger partial charge in [-0.15, -0.1) is 0 Å². The Morgan fingerprint density at radius 2 is 1.38 bits per heavy atom. The van der Waals surface area contributed by atoms with E-state index in [1.165, 1.54) is 26.2 Å². The van der Waals surface area contributed by atoms with Crippen molar-refractivity contribution in [3.05, 3.63) is 35.9 Å². The van der Waals surface area contributed by atoms with Gasteiger partial charge in [-0.2, -0.15) is 0 Å². The molecule has 0 saturated heterocycles. The molecule has 1 N–H and O–H groups in total. The largest absolute Gasteiger partial charge is 0.481 e. The molecule has 2 atom stereocenters. The third-order valence-corrected chi connectivity index (χ3v) is 5.76. The van der Waals surface area contributed by atoms with Gasteiger partial charge in [0.15, 0.2) is 0 Å². The van der Waals surface area contributed by atoms with Crippen LogP contribution in [0.5, 0.6) is 0 Å². The van der Waals surface area contributed by atoms with E-state index in [9.17, 15) is 9.59 Å². The highest BCUT2D eigenvalue weighted by Gasteiger charge is 2.24. The van der Waals surface area contributed by atoms with E-state index in [1.54, 1.807) is 0 Å². The molecule has 0 spiro atoms. The summed E-state index contributed by atoms with van der Waals surface area (Å²) in [7, 11) is 0. The van der Waals surface area contributed by atoms with Crippen LogP contribution in [0.15, 0.2) is 30.3 Å². The van der Waals surface area contributed by atoms with Crippen LogP contribution in [-0.4, -0.2) is 29.3 Å². The van der Waals surface area contributed by atoms with Gasteiger partial charge in [0.1, 0.15) is 6.10 Å². The van der Waals surface area contributed by atoms with E-state index in [2.05, 4.69) is 19.1 Å². The highest BCUT2D eigenvalue weighted by molar-refractivity contribution is 5.66. The molecular weight excluding hydrogens is 404 g/mol. The summed E-state index contributed by atoms with van der Waals surface area (Å²) in [5.41, 5.74) is 1.13. The lowest BCUT2D eigenvalue weighted by molar-refractivity contribution is -0.157. The molecule has 32 heavy (non-hydrogen) atoms. The second kappa shape index (κ2) is 18.7. The number of ether oxygens (including phenoxy) is 2. The minimum atomic E-state index is -0.708. The Bertz CT molecular complexity index is 601. The van der Waals surface area contributed by atoms with Gasteiger partial charge in [0.05, 0.1) is 12.7 Å². The fraction of sp³-hybridized carbons (Fsp3) is 0.704. The van der Waals surface area contributed by atoms with Crippen LogP contribution in [0.3, 0.4) is 0 Å². The molecule has 182 valence electrons. The number of carbonyl (C=O) groups is 2. The van der Waals surface area contributed by atoms with Crippen molar-refractivity contribution >= 4 is 11.9 Å². The minimum Gasteiger partial charge on any atom is -0.481 e. The van der Waals surface area contributed by atoms with Crippen LogP contribution in [0, 0.1) is 0 Å². The van der Waals surface area contributed by atoms with Gasteiger partial charge in [-0.05, 0) is 31.2 Å². The molecule has 0 aliphatic heterocycles. The zero-order valence-corrected chi connectivity index (χ0v) is 20.2. The summed E-state index contributed by atoms with van der Waals surface area (Å²) in [5.74, 6) is -0.949. The van der Waals surface area contributed by atoms with Crippen molar-refractivity contribution in [2.75, 3.05) is 0 Å². The van der Waals surface area contributed by atoms with Crippen molar-refractivity contribution in [3.63, 3.8) is 0 Å². The molecule has 5 heteroatoms. The van der Waals surface area contributed by atoms with Gasteiger partial charge in [-0.25, -0.2) is 0 Å². The van der Waals surface area contributed by atoms with Crippen molar-refractivity contribution in [1.82, 2.24) is 0 Å². The van der Waals surface area contributed by atoms with E-state index >= 15 is 0 Å². The summed E-state index contributed by atoms with van der Waals surface area (Å²) in [6.45, 7) is 4.22. The molecule has 0 aliphatic rings. The molecule has 0 aliphatic carbocycles. The molecule has 1 aromatic carbocycles. The summed E-state index contributed by atoms with van der Waals surface area (Å²) >= 11 is 0. The number of carboxylic acids is 1.